The molecule has 0 fully saturated rings. The van der Waals surface area contributed by atoms with E-state index in [1.807, 2.05) is 24.3 Å². The van der Waals surface area contributed by atoms with Crippen LogP contribution in [0.5, 0.6) is 5.75 Å². The predicted molar refractivity (Wildman–Crippen MR) is 81.0 cm³/mol. The minimum atomic E-state index is -0.133. The molecule has 0 radical (unpaired) electrons. The third-order valence-electron chi connectivity index (χ3n) is 2.28. The molecule has 0 aliphatic heterocycles. The maximum absolute atomic E-state index is 12.0. The number of anilines is 1. The van der Waals surface area contributed by atoms with Crippen LogP contribution in [0.15, 0.2) is 40.2 Å². The molecule has 0 saturated carbocycles. The molecule has 0 unspecified atom stereocenters. The molecule has 0 aliphatic rings. The summed E-state index contributed by atoms with van der Waals surface area (Å²) in [5.74, 6) is 0.558. The molecule has 1 amide bonds. The van der Waals surface area contributed by atoms with Crippen molar-refractivity contribution in [1.29, 1.82) is 0 Å². The lowest BCUT2D eigenvalue weighted by Crippen LogP contribution is -2.12. The molecule has 0 spiro atoms. The van der Waals surface area contributed by atoms with E-state index >= 15 is 0 Å². The van der Waals surface area contributed by atoms with Gasteiger partial charge in [0.15, 0.2) is 0 Å². The van der Waals surface area contributed by atoms with Gasteiger partial charge in [0.1, 0.15) is 12.4 Å². The number of hydrogen-bond acceptors (Lipinski definition) is 4. The highest BCUT2D eigenvalue weighted by molar-refractivity contribution is 9.11. The van der Waals surface area contributed by atoms with E-state index in [1.54, 1.807) is 12.1 Å². The first-order chi connectivity index (χ1) is 9.19. The number of benzene rings is 1. The number of amides is 1. The lowest BCUT2D eigenvalue weighted by Gasteiger charge is -2.07. The van der Waals surface area contributed by atoms with E-state index in [0.717, 1.165) is 3.79 Å². The van der Waals surface area contributed by atoms with Crippen LogP contribution in [-0.4, -0.2) is 19.1 Å². The third kappa shape index (κ3) is 4.05. The molecule has 2 rings (SSSR count). The number of rotatable bonds is 5. The van der Waals surface area contributed by atoms with Gasteiger partial charge in [-0.25, -0.2) is 0 Å². The Labute approximate surface area is 123 Å². The summed E-state index contributed by atoms with van der Waals surface area (Å²) in [5, 5.41) is 2.83. The number of hydrogen-bond donors (Lipinski definition) is 2. The molecule has 0 atom stereocenters. The van der Waals surface area contributed by atoms with E-state index in [0.29, 0.717) is 29.5 Å². The molecule has 2 aromatic rings. The quantitative estimate of drug-likeness (QED) is 0.878. The zero-order valence-corrected chi connectivity index (χ0v) is 12.5. The van der Waals surface area contributed by atoms with Crippen LogP contribution in [0.1, 0.15) is 9.67 Å². The van der Waals surface area contributed by atoms with Gasteiger partial charge in [-0.05, 0) is 40.2 Å². The topological polar surface area (TPSA) is 64.3 Å². The fourth-order valence-corrected chi connectivity index (χ4v) is 2.75. The molecule has 1 aromatic heterocycles. The van der Waals surface area contributed by atoms with Crippen molar-refractivity contribution in [3.63, 3.8) is 0 Å². The Morgan fingerprint density at radius 1 is 1.37 bits per heavy atom. The maximum atomic E-state index is 12.0. The molecule has 19 heavy (non-hydrogen) atoms. The highest BCUT2D eigenvalue weighted by Gasteiger charge is 2.09. The third-order valence-corrected chi connectivity index (χ3v) is 3.90. The minimum Gasteiger partial charge on any atom is -0.492 e. The Balaban J connectivity index is 2.04. The number of carbonyl (C=O) groups is 1. The van der Waals surface area contributed by atoms with Gasteiger partial charge < -0.3 is 15.8 Å². The van der Waals surface area contributed by atoms with E-state index in [2.05, 4.69) is 21.2 Å². The van der Waals surface area contributed by atoms with E-state index in [4.69, 9.17) is 10.5 Å². The summed E-state index contributed by atoms with van der Waals surface area (Å²) >= 11 is 4.72. The summed E-state index contributed by atoms with van der Waals surface area (Å²) in [6, 6.07) is 10.9. The number of thiophene rings is 1. The zero-order chi connectivity index (χ0) is 13.7. The summed E-state index contributed by atoms with van der Waals surface area (Å²) < 4.78 is 6.33. The van der Waals surface area contributed by atoms with Gasteiger partial charge in [0.05, 0.1) is 8.66 Å². The molecule has 0 bridgehead atoms. The Bertz CT molecular complexity index is 571. The monoisotopic (exact) mass is 340 g/mol. The molecule has 6 heteroatoms. The van der Waals surface area contributed by atoms with Crippen LogP contribution in [0.2, 0.25) is 0 Å². The van der Waals surface area contributed by atoms with Gasteiger partial charge in [-0.15, -0.1) is 11.3 Å². The lowest BCUT2D eigenvalue weighted by atomic mass is 10.3. The van der Waals surface area contributed by atoms with Gasteiger partial charge in [-0.3, -0.25) is 4.79 Å². The smallest absolute Gasteiger partial charge is 0.265 e. The van der Waals surface area contributed by atoms with Gasteiger partial charge in [0.25, 0.3) is 5.91 Å². The van der Waals surface area contributed by atoms with Crippen LogP contribution >= 0.6 is 27.3 Å². The van der Waals surface area contributed by atoms with Crippen molar-refractivity contribution in [1.82, 2.24) is 0 Å². The van der Waals surface area contributed by atoms with E-state index in [9.17, 15) is 4.79 Å². The largest absolute Gasteiger partial charge is 0.492 e. The average Bonchev–Trinajstić information content (AvgIpc) is 2.83. The fourth-order valence-electron chi connectivity index (χ4n) is 1.47. The normalized spacial score (nSPS) is 10.2. The summed E-state index contributed by atoms with van der Waals surface area (Å²) in [6.45, 7) is 0.912. The molecule has 1 heterocycles. The Hall–Kier alpha value is -1.37. The number of nitrogens with two attached hydrogens (primary N) is 1. The highest BCUT2D eigenvalue weighted by atomic mass is 79.9. The zero-order valence-electron chi connectivity index (χ0n) is 10.1. The number of halogens is 1. The maximum Gasteiger partial charge on any atom is 0.265 e. The van der Waals surface area contributed by atoms with Crippen LogP contribution in [0.4, 0.5) is 5.69 Å². The van der Waals surface area contributed by atoms with Crippen molar-refractivity contribution in [3.05, 3.63) is 45.1 Å². The summed E-state index contributed by atoms with van der Waals surface area (Å²) in [5.41, 5.74) is 6.07. The van der Waals surface area contributed by atoms with Crippen molar-refractivity contribution in [2.45, 2.75) is 0 Å². The number of carbonyl (C=O) groups excluding carboxylic acids is 1. The Kier molecular flexibility index (Phi) is 4.95. The van der Waals surface area contributed by atoms with Crippen LogP contribution in [0, 0.1) is 0 Å². The number of ether oxygens (including phenoxy) is 1. The fraction of sp³-hybridized carbons (Fsp3) is 0.154. The van der Waals surface area contributed by atoms with Crippen LogP contribution in [-0.2, 0) is 0 Å². The first kappa shape index (κ1) is 14.0. The van der Waals surface area contributed by atoms with E-state index < -0.39 is 0 Å². The lowest BCUT2D eigenvalue weighted by molar-refractivity contribution is 0.103. The summed E-state index contributed by atoms with van der Waals surface area (Å²) in [7, 11) is 0. The molecule has 0 saturated heterocycles. The molecule has 100 valence electrons. The molecule has 3 N–H and O–H groups in total. The van der Waals surface area contributed by atoms with Gasteiger partial charge in [-0.1, -0.05) is 6.07 Å². The van der Waals surface area contributed by atoms with Gasteiger partial charge in [0.2, 0.25) is 0 Å². The van der Waals surface area contributed by atoms with Crippen LogP contribution < -0.4 is 15.8 Å². The Morgan fingerprint density at radius 2 is 2.21 bits per heavy atom. The summed E-state index contributed by atoms with van der Waals surface area (Å²) in [4.78, 5) is 12.6. The van der Waals surface area contributed by atoms with Gasteiger partial charge in [-0.2, -0.15) is 0 Å². The molecular weight excluding hydrogens is 328 g/mol. The minimum absolute atomic E-state index is 0.133. The molecular formula is C13H13BrN2O2S. The highest BCUT2D eigenvalue weighted by Crippen LogP contribution is 2.24. The molecule has 0 aliphatic carbocycles. The molecule has 4 nitrogen and oxygen atoms in total. The first-order valence-electron chi connectivity index (χ1n) is 5.68. The molecule has 1 aromatic carbocycles. The second-order valence-electron chi connectivity index (χ2n) is 3.72. The van der Waals surface area contributed by atoms with E-state index in [1.165, 1.54) is 11.3 Å². The second kappa shape index (κ2) is 6.70. The standard InChI is InChI=1S/C13H13BrN2O2S/c14-12-5-4-11(19-12)13(17)16-9-2-1-3-10(8-9)18-7-6-15/h1-5,8H,6-7,15H2,(H,16,17). The van der Waals surface area contributed by atoms with Gasteiger partial charge in [0, 0.05) is 18.3 Å². The predicted octanol–water partition coefficient (Wildman–Crippen LogP) is 3.10. The average molecular weight is 341 g/mol. The first-order valence-corrected chi connectivity index (χ1v) is 7.29. The van der Waals surface area contributed by atoms with Gasteiger partial charge >= 0.3 is 0 Å². The SMILES string of the molecule is NCCOc1cccc(NC(=O)c2ccc(Br)s2)c1. The summed E-state index contributed by atoms with van der Waals surface area (Å²) in [6.07, 6.45) is 0. The van der Waals surface area contributed by atoms with Crippen molar-refractivity contribution in [3.8, 4) is 5.75 Å². The van der Waals surface area contributed by atoms with Crippen molar-refractivity contribution in [2.24, 2.45) is 5.73 Å². The van der Waals surface area contributed by atoms with Crippen LogP contribution in [0.3, 0.4) is 0 Å². The Morgan fingerprint density at radius 3 is 2.89 bits per heavy atom. The van der Waals surface area contributed by atoms with Crippen molar-refractivity contribution >= 4 is 38.9 Å². The second-order valence-corrected chi connectivity index (χ2v) is 6.19. The van der Waals surface area contributed by atoms with E-state index in [-0.39, 0.29) is 5.91 Å². The number of nitrogens with one attached hydrogen (secondary N) is 1. The van der Waals surface area contributed by atoms with Crippen molar-refractivity contribution < 1.29 is 9.53 Å². The van der Waals surface area contributed by atoms with Crippen LogP contribution in [0.25, 0.3) is 0 Å². The van der Waals surface area contributed by atoms with Crippen molar-refractivity contribution in [2.75, 3.05) is 18.5 Å².